The number of benzene rings is 1. The Bertz CT molecular complexity index is 954. The van der Waals surface area contributed by atoms with Crippen LogP contribution < -0.4 is 10.3 Å². The van der Waals surface area contributed by atoms with Crippen molar-refractivity contribution in [2.75, 3.05) is 13.1 Å². The number of carbonyl (C=O) groups is 1. The van der Waals surface area contributed by atoms with Gasteiger partial charge >= 0.3 is 6.18 Å². The first kappa shape index (κ1) is 21.2. The third kappa shape index (κ3) is 5.09. The van der Waals surface area contributed by atoms with Gasteiger partial charge < -0.3 is 9.64 Å². The highest BCUT2D eigenvalue weighted by atomic mass is 35.5. The molecule has 0 spiro atoms. The first-order chi connectivity index (χ1) is 13.6. The van der Waals surface area contributed by atoms with Crippen molar-refractivity contribution in [1.82, 2.24) is 14.7 Å². The second-order valence-corrected chi connectivity index (χ2v) is 7.21. The van der Waals surface area contributed by atoms with E-state index in [2.05, 4.69) is 5.10 Å². The number of likely N-dealkylation sites (tertiary alicyclic amines) is 1. The van der Waals surface area contributed by atoms with Crippen LogP contribution in [0.1, 0.15) is 24.0 Å². The lowest BCUT2D eigenvalue weighted by Gasteiger charge is -2.32. The van der Waals surface area contributed by atoms with Crippen LogP contribution in [0.2, 0.25) is 5.02 Å². The normalized spacial score (nSPS) is 15.4. The molecule has 156 valence electrons. The second kappa shape index (κ2) is 8.44. The summed E-state index contributed by atoms with van der Waals surface area (Å²) in [4.78, 5) is 26.1. The number of alkyl halides is 3. The van der Waals surface area contributed by atoms with Crippen LogP contribution in [-0.2, 0) is 24.4 Å². The Balaban J connectivity index is 1.59. The van der Waals surface area contributed by atoms with Crippen molar-refractivity contribution >= 4 is 17.5 Å². The van der Waals surface area contributed by atoms with Gasteiger partial charge in [-0.2, -0.15) is 18.3 Å². The molecule has 6 nitrogen and oxygen atoms in total. The number of halogens is 4. The molecule has 0 bridgehead atoms. The molecular formula is C19H19ClF3N3O3. The number of nitrogens with zero attached hydrogens (tertiary/aromatic N) is 3. The van der Waals surface area contributed by atoms with E-state index in [1.165, 1.54) is 24.0 Å². The highest BCUT2D eigenvalue weighted by molar-refractivity contribution is 6.32. The highest BCUT2D eigenvalue weighted by Crippen LogP contribution is 2.36. The summed E-state index contributed by atoms with van der Waals surface area (Å²) in [5, 5.41) is 3.92. The second-order valence-electron chi connectivity index (χ2n) is 6.80. The zero-order valence-electron chi connectivity index (χ0n) is 15.6. The fourth-order valence-corrected chi connectivity index (χ4v) is 3.30. The zero-order valence-corrected chi connectivity index (χ0v) is 16.3. The van der Waals surface area contributed by atoms with Crippen LogP contribution in [0.3, 0.4) is 0 Å². The van der Waals surface area contributed by atoms with Gasteiger partial charge in [0.1, 0.15) is 11.9 Å². The van der Waals surface area contributed by atoms with Crippen LogP contribution in [0.25, 0.3) is 0 Å². The Morgan fingerprint density at radius 2 is 1.97 bits per heavy atom. The molecule has 0 unspecified atom stereocenters. The van der Waals surface area contributed by atoms with Crippen molar-refractivity contribution in [1.29, 1.82) is 0 Å². The number of piperidine rings is 1. The standard InChI is InChI=1S/C19H19ClF3N3O3/c1-25-18(28)12(4-7-24-25)10-17(27)26-8-5-14(6-9-26)29-16-11-13(19(21,22)23)2-3-15(16)20/h2-4,7,11,14H,5-6,8-10H2,1H3. The van der Waals surface area contributed by atoms with E-state index in [4.69, 9.17) is 16.3 Å². The maximum atomic E-state index is 12.9. The van der Waals surface area contributed by atoms with Crippen molar-refractivity contribution in [3.05, 3.63) is 57.0 Å². The first-order valence-corrected chi connectivity index (χ1v) is 9.35. The van der Waals surface area contributed by atoms with E-state index in [0.29, 0.717) is 31.5 Å². The van der Waals surface area contributed by atoms with Crippen molar-refractivity contribution < 1.29 is 22.7 Å². The predicted octanol–water partition coefficient (Wildman–Crippen LogP) is 3.07. The van der Waals surface area contributed by atoms with Crippen molar-refractivity contribution in [2.45, 2.75) is 31.5 Å². The fraction of sp³-hybridized carbons (Fsp3) is 0.421. The molecule has 1 saturated heterocycles. The molecule has 1 aromatic heterocycles. The maximum Gasteiger partial charge on any atom is 0.416 e. The SMILES string of the molecule is Cn1nccc(CC(=O)N2CCC(Oc3cc(C(F)(F)F)ccc3Cl)CC2)c1=O. The number of amides is 1. The van der Waals surface area contributed by atoms with Gasteiger partial charge in [-0.3, -0.25) is 9.59 Å². The summed E-state index contributed by atoms with van der Waals surface area (Å²) in [6, 6.07) is 4.47. The van der Waals surface area contributed by atoms with E-state index < -0.39 is 11.7 Å². The summed E-state index contributed by atoms with van der Waals surface area (Å²) in [5.41, 5.74) is -0.789. The van der Waals surface area contributed by atoms with Gasteiger partial charge in [0, 0.05) is 44.7 Å². The molecule has 0 saturated carbocycles. The molecule has 3 rings (SSSR count). The molecule has 1 aliphatic rings. The van der Waals surface area contributed by atoms with Crippen molar-refractivity contribution in [2.24, 2.45) is 7.05 Å². The van der Waals surface area contributed by atoms with Crippen LogP contribution in [0, 0.1) is 0 Å². The molecule has 1 aromatic carbocycles. The lowest BCUT2D eigenvalue weighted by Crippen LogP contribution is -2.43. The van der Waals surface area contributed by atoms with E-state index in [0.717, 1.165) is 18.2 Å². The first-order valence-electron chi connectivity index (χ1n) is 8.97. The highest BCUT2D eigenvalue weighted by Gasteiger charge is 2.32. The monoisotopic (exact) mass is 429 g/mol. The third-order valence-corrected chi connectivity index (χ3v) is 5.08. The van der Waals surface area contributed by atoms with Crippen LogP contribution in [0.4, 0.5) is 13.2 Å². The Morgan fingerprint density at radius 1 is 1.28 bits per heavy atom. The zero-order chi connectivity index (χ0) is 21.2. The maximum absolute atomic E-state index is 12.9. The molecular weight excluding hydrogens is 411 g/mol. The summed E-state index contributed by atoms with van der Waals surface area (Å²) in [7, 11) is 1.51. The quantitative estimate of drug-likeness (QED) is 0.749. The molecule has 0 aliphatic carbocycles. The summed E-state index contributed by atoms with van der Waals surface area (Å²) >= 11 is 5.97. The minimum absolute atomic E-state index is 0.0217. The minimum atomic E-state index is -4.48. The molecule has 2 heterocycles. The number of hydrogen-bond donors (Lipinski definition) is 0. The smallest absolute Gasteiger partial charge is 0.416 e. The predicted molar refractivity (Wildman–Crippen MR) is 99.9 cm³/mol. The average Bonchev–Trinajstić information content (AvgIpc) is 2.67. The lowest BCUT2D eigenvalue weighted by atomic mass is 10.1. The van der Waals surface area contributed by atoms with Gasteiger partial charge in [0.25, 0.3) is 5.56 Å². The fourth-order valence-electron chi connectivity index (χ4n) is 3.14. The van der Waals surface area contributed by atoms with Crippen molar-refractivity contribution in [3.63, 3.8) is 0 Å². The summed E-state index contributed by atoms with van der Waals surface area (Å²) in [6.45, 7) is 0.761. The molecule has 1 amide bonds. The van der Waals surface area contributed by atoms with Gasteiger partial charge in [-0.25, -0.2) is 4.68 Å². The summed E-state index contributed by atoms with van der Waals surface area (Å²) in [5.74, 6) is -0.213. The van der Waals surface area contributed by atoms with E-state index in [-0.39, 0.29) is 34.8 Å². The molecule has 2 aromatic rings. The molecule has 1 aliphatic heterocycles. The van der Waals surface area contributed by atoms with E-state index in [9.17, 15) is 22.8 Å². The van der Waals surface area contributed by atoms with Gasteiger partial charge in [0.15, 0.2) is 0 Å². The lowest BCUT2D eigenvalue weighted by molar-refractivity contribution is -0.138. The van der Waals surface area contributed by atoms with Gasteiger partial charge in [0.05, 0.1) is 17.0 Å². The van der Waals surface area contributed by atoms with Crippen LogP contribution in [-0.4, -0.2) is 39.8 Å². The van der Waals surface area contributed by atoms with Gasteiger partial charge in [-0.1, -0.05) is 11.6 Å². The Hall–Kier alpha value is -2.55. The average molecular weight is 430 g/mol. The molecule has 0 N–H and O–H groups in total. The molecule has 1 fully saturated rings. The molecule has 0 atom stereocenters. The Morgan fingerprint density at radius 3 is 2.62 bits per heavy atom. The number of hydrogen-bond acceptors (Lipinski definition) is 4. The van der Waals surface area contributed by atoms with Crippen molar-refractivity contribution in [3.8, 4) is 5.75 Å². The Labute approximate surface area is 169 Å². The topological polar surface area (TPSA) is 64.4 Å². The number of ether oxygens (including phenoxy) is 1. The molecule has 0 radical (unpaired) electrons. The van der Waals surface area contributed by atoms with E-state index in [1.54, 1.807) is 4.90 Å². The van der Waals surface area contributed by atoms with Crippen LogP contribution >= 0.6 is 11.6 Å². The number of aryl methyl sites for hydroxylation is 1. The van der Waals surface area contributed by atoms with E-state index in [1.807, 2.05) is 0 Å². The van der Waals surface area contributed by atoms with Crippen LogP contribution in [0.15, 0.2) is 35.3 Å². The molecule has 10 heteroatoms. The van der Waals surface area contributed by atoms with Crippen LogP contribution in [0.5, 0.6) is 5.75 Å². The summed E-state index contributed by atoms with van der Waals surface area (Å²) < 4.78 is 45.5. The molecule has 29 heavy (non-hydrogen) atoms. The summed E-state index contributed by atoms with van der Waals surface area (Å²) in [6.07, 6.45) is -2.50. The number of carbonyl (C=O) groups excluding carboxylic acids is 1. The minimum Gasteiger partial charge on any atom is -0.489 e. The van der Waals surface area contributed by atoms with E-state index >= 15 is 0 Å². The third-order valence-electron chi connectivity index (χ3n) is 4.77. The van der Waals surface area contributed by atoms with Gasteiger partial charge in [-0.15, -0.1) is 0 Å². The largest absolute Gasteiger partial charge is 0.489 e. The number of aromatic nitrogens is 2. The van der Waals surface area contributed by atoms with Gasteiger partial charge in [0.2, 0.25) is 5.91 Å². The number of rotatable bonds is 4. The Kier molecular flexibility index (Phi) is 6.16. The van der Waals surface area contributed by atoms with Gasteiger partial charge in [-0.05, 0) is 24.3 Å².